The average molecular weight is 233 g/mol. The summed E-state index contributed by atoms with van der Waals surface area (Å²) in [4.78, 5) is 9.03. The molecule has 86 valence electrons. The number of fused-ring (bicyclic) bond motifs is 3. The Labute approximate surface area is 104 Å². The van der Waals surface area contributed by atoms with Crippen LogP contribution in [-0.4, -0.2) is 10.8 Å². The van der Waals surface area contributed by atoms with Gasteiger partial charge in [-0.3, -0.25) is 4.99 Å². The average Bonchev–Trinajstić information content (AvgIpc) is 2.99. The fourth-order valence-electron chi connectivity index (χ4n) is 2.43. The molecule has 0 bridgehead atoms. The van der Waals surface area contributed by atoms with E-state index in [0.29, 0.717) is 0 Å². The summed E-state index contributed by atoms with van der Waals surface area (Å²) in [5.74, 6) is 0. The maximum Gasteiger partial charge on any atom is 0.136 e. The van der Waals surface area contributed by atoms with Gasteiger partial charge in [0.05, 0.1) is 16.7 Å². The van der Waals surface area contributed by atoms with E-state index < -0.39 is 0 Å². The molecule has 2 aliphatic rings. The van der Waals surface area contributed by atoms with Crippen molar-refractivity contribution in [2.45, 2.75) is 6.54 Å². The van der Waals surface area contributed by atoms with E-state index in [2.05, 4.69) is 27.8 Å². The molecule has 3 heterocycles. The molecule has 3 heteroatoms. The Morgan fingerprint density at radius 1 is 1.11 bits per heavy atom. The smallest absolute Gasteiger partial charge is 0.136 e. The third kappa shape index (κ3) is 1.31. The fourth-order valence-corrected chi connectivity index (χ4v) is 2.43. The SMILES string of the molecule is C1=Nc2cc3n(c2=C1)CC=C(c1ccccc1)N=3. The van der Waals surface area contributed by atoms with Gasteiger partial charge in [0.2, 0.25) is 0 Å². The number of aromatic nitrogens is 1. The summed E-state index contributed by atoms with van der Waals surface area (Å²) < 4.78 is 2.19. The van der Waals surface area contributed by atoms with Gasteiger partial charge in [0.25, 0.3) is 0 Å². The van der Waals surface area contributed by atoms with Crippen LogP contribution in [0.5, 0.6) is 0 Å². The predicted octanol–water partition coefficient (Wildman–Crippen LogP) is 1.66. The van der Waals surface area contributed by atoms with Gasteiger partial charge in [0.1, 0.15) is 5.49 Å². The lowest BCUT2D eigenvalue weighted by Crippen LogP contribution is -2.28. The Morgan fingerprint density at radius 2 is 2.00 bits per heavy atom. The molecule has 0 unspecified atom stereocenters. The molecule has 0 spiro atoms. The largest absolute Gasteiger partial charge is 0.320 e. The first-order valence-electron chi connectivity index (χ1n) is 6.00. The van der Waals surface area contributed by atoms with Gasteiger partial charge >= 0.3 is 0 Å². The number of nitrogens with zero attached hydrogens (tertiary/aromatic N) is 3. The minimum Gasteiger partial charge on any atom is -0.320 e. The summed E-state index contributed by atoms with van der Waals surface area (Å²) in [5.41, 5.74) is 4.23. The van der Waals surface area contributed by atoms with Crippen molar-refractivity contribution in [3.8, 4) is 0 Å². The molecule has 0 fully saturated rings. The van der Waals surface area contributed by atoms with E-state index in [4.69, 9.17) is 4.99 Å². The first kappa shape index (κ1) is 9.59. The van der Waals surface area contributed by atoms with Crippen LogP contribution >= 0.6 is 0 Å². The van der Waals surface area contributed by atoms with Crippen molar-refractivity contribution < 1.29 is 0 Å². The molecule has 1 aromatic heterocycles. The van der Waals surface area contributed by atoms with E-state index in [-0.39, 0.29) is 0 Å². The lowest BCUT2D eigenvalue weighted by molar-refractivity contribution is 0.744. The number of hydrogen-bond acceptors (Lipinski definition) is 2. The maximum absolute atomic E-state index is 4.71. The lowest BCUT2D eigenvalue weighted by Gasteiger charge is -2.09. The maximum atomic E-state index is 4.71. The first-order chi connectivity index (χ1) is 8.92. The molecule has 18 heavy (non-hydrogen) atoms. The molecule has 0 aliphatic carbocycles. The summed E-state index contributed by atoms with van der Waals surface area (Å²) in [6.07, 6.45) is 6.04. The number of allylic oxidation sites excluding steroid dienone is 1. The monoisotopic (exact) mass is 233 g/mol. The zero-order valence-corrected chi connectivity index (χ0v) is 9.74. The Bertz CT molecular complexity index is 792. The van der Waals surface area contributed by atoms with Gasteiger partial charge in [-0.25, -0.2) is 4.99 Å². The van der Waals surface area contributed by atoms with E-state index in [1.165, 1.54) is 0 Å². The Kier molecular flexibility index (Phi) is 1.88. The Balaban J connectivity index is 1.88. The van der Waals surface area contributed by atoms with E-state index in [0.717, 1.165) is 34.3 Å². The van der Waals surface area contributed by atoms with Crippen molar-refractivity contribution in [3.63, 3.8) is 0 Å². The summed E-state index contributed by atoms with van der Waals surface area (Å²) in [7, 11) is 0. The third-order valence-electron chi connectivity index (χ3n) is 3.31. The van der Waals surface area contributed by atoms with Gasteiger partial charge in [0, 0.05) is 18.8 Å². The fraction of sp³-hybridized carbons (Fsp3) is 0.0667. The van der Waals surface area contributed by atoms with E-state index in [9.17, 15) is 0 Å². The minimum atomic E-state index is 0.859. The zero-order valence-electron chi connectivity index (χ0n) is 9.74. The highest BCUT2D eigenvalue weighted by Gasteiger charge is 2.11. The minimum absolute atomic E-state index is 0.859. The third-order valence-corrected chi connectivity index (χ3v) is 3.31. The van der Waals surface area contributed by atoms with Gasteiger partial charge in [-0.1, -0.05) is 30.3 Å². The second-order valence-corrected chi connectivity index (χ2v) is 4.40. The molecular weight excluding hydrogens is 222 g/mol. The van der Waals surface area contributed by atoms with Gasteiger partial charge in [-0.15, -0.1) is 0 Å². The molecule has 0 amide bonds. The molecule has 0 N–H and O–H groups in total. The molecule has 2 aliphatic heterocycles. The topological polar surface area (TPSA) is 29.6 Å². The van der Waals surface area contributed by atoms with E-state index in [1.807, 2.05) is 36.6 Å². The predicted molar refractivity (Wildman–Crippen MR) is 72.2 cm³/mol. The number of aliphatic imine (C=N–C) groups is 1. The van der Waals surface area contributed by atoms with Crippen molar-refractivity contribution in [1.29, 1.82) is 0 Å². The second-order valence-electron chi connectivity index (χ2n) is 4.40. The van der Waals surface area contributed by atoms with Crippen LogP contribution in [0, 0.1) is 0 Å². The number of benzene rings is 1. The number of hydrogen-bond donors (Lipinski definition) is 0. The Morgan fingerprint density at radius 3 is 2.89 bits per heavy atom. The highest BCUT2D eigenvalue weighted by molar-refractivity contribution is 5.96. The number of rotatable bonds is 1. The van der Waals surface area contributed by atoms with Crippen LogP contribution in [-0.2, 0) is 6.54 Å². The first-order valence-corrected chi connectivity index (χ1v) is 6.00. The molecule has 0 saturated carbocycles. The quantitative estimate of drug-likeness (QED) is 0.717. The standard InChI is InChI=1S/C15H11N3/c1-2-4-11(5-3-1)12-7-9-18-14-6-8-16-13(14)10-15(18)17-12/h1-8,10H,9H2. The van der Waals surface area contributed by atoms with E-state index >= 15 is 0 Å². The van der Waals surface area contributed by atoms with Crippen LogP contribution in [0.15, 0.2) is 52.5 Å². The summed E-state index contributed by atoms with van der Waals surface area (Å²) >= 11 is 0. The molecule has 0 atom stereocenters. The van der Waals surface area contributed by atoms with Crippen molar-refractivity contribution in [2.24, 2.45) is 9.98 Å². The second kappa shape index (κ2) is 3.53. The molecule has 0 saturated heterocycles. The van der Waals surface area contributed by atoms with Crippen LogP contribution in [0.4, 0.5) is 5.69 Å². The molecule has 3 nitrogen and oxygen atoms in total. The summed E-state index contributed by atoms with van der Waals surface area (Å²) in [6.45, 7) is 0.859. The normalized spacial score (nSPS) is 15.4. The molecule has 1 aromatic carbocycles. The van der Waals surface area contributed by atoms with Crippen LogP contribution in [0.25, 0.3) is 11.8 Å². The van der Waals surface area contributed by atoms with Crippen LogP contribution in [0.3, 0.4) is 0 Å². The van der Waals surface area contributed by atoms with Crippen molar-refractivity contribution in [3.05, 3.63) is 58.9 Å². The van der Waals surface area contributed by atoms with Gasteiger partial charge in [-0.2, -0.15) is 0 Å². The van der Waals surface area contributed by atoms with Crippen molar-refractivity contribution in [2.75, 3.05) is 0 Å². The van der Waals surface area contributed by atoms with E-state index in [1.54, 1.807) is 0 Å². The van der Waals surface area contributed by atoms with Crippen LogP contribution in [0.2, 0.25) is 0 Å². The Hall–Kier alpha value is -2.42. The summed E-state index contributed by atoms with van der Waals surface area (Å²) in [5, 5.41) is 1.16. The highest BCUT2D eigenvalue weighted by atomic mass is 15.1. The van der Waals surface area contributed by atoms with Crippen molar-refractivity contribution in [1.82, 2.24) is 4.57 Å². The highest BCUT2D eigenvalue weighted by Crippen LogP contribution is 2.17. The van der Waals surface area contributed by atoms with Crippen LogP contribution in [0.1, 0.15) is 5.56 Å². The zero-order chi connectivity index (χ0) is 11.9. The molecule has 4 rings (SSSR count). The molecule has 0 radical (unpaired) electrons. The summed E-state index contributed by atoms with van der Waals surface area (Å²) in [6, 6.07) is 12.3. The van der Waals surface area contributed by atoms with Crippen LogP contribution < -0.4 is 10.8 Å². The van der Waals surface area contributed by atoms with Crippen molar-refractivity contribution >= 4 is 23.7 Å². The van der Waals surface area contributed by atoms with Gasteiger partial charge in [0.15, 0.2) is 0 Å². The lowest BCUT2D eigenvalue weighted by atomic mass is 10.1. The van der Waals surface area contributed by atoms with Gasteiger partial charge < -0.3 is 4.57 Å². The molecular formula is C15H11N3. The molecule has 2 aromatic rings. The van der Waals surface area contributed by atoms with Gasteiger partial charge in [-0.05, 0) is 17.7 Å².